The van der Waals surface area contributed by atoms with Crippen LogP contribution in [0.2, 0.25) is 0 Å². The first-order chi connectivity index (χ1) is 7.09. The van der Waals surface area contributed by atoms with Crippen molar-refractivity contribution < 1.29 is 13.2 Å². The minimum Gasteiger partial charge on any atom is -0.477 e. The van der Waals surface area contributed by atoms with Gasteiger partial charge in [0.25, 0.3) is 0 Å². The molecule has 15 heavy (non-hydrogen) atoms. The maximum absolute atomic E-state index is 11.0. The Balaban J connectivity index is 0.000000531. The van der Waals surface area contributed by atoms with Crippen LogP contribution in [0.4, 0.5) is 0 Å². The number of rotatable bonds is 1. The van der Waals surface area contributed by atoms with Gasteiger partial charge in [-0.1, -0.05) is 13.8 Å². The third-order valence-electron chi connectivity index (χ3n) is 1.82. The van der Waals surface area contributed by atoms with Crippen molar-refractivity contribution in [1.82, 2.24) is 9.78 Å². The average Bonchev–Trinajstić information content (AvgIpc) is 2.63. The fourth-order valence-corrected chi connectivity index (χ4v) is 1.84. The van der Waals surface area contributed by atoms with Crippen molar-refractivity contribution in [2.75, 3.05) is 6.61 Å². The lowest BCUT2D eigenvalue weighted by molar-refractivity contribution is 0.224. The highest BCUT2D eigenvalue weighted by atomic mass is 32.2. The zero-order chi connectivity index (χ0) is 11.5. The second-order valence-electron chi connectivity index (χ2n) is 2.78. The van der Waals surface area contributed by atoms with E-state index < -0.39 is 10.0 Å². The van der Waals surface area contributed by atoms with Crippen molar-refractivity contribution in [2.24, 2.45) is 5.14 Å². The largest absolute Gasteiger partial charge is 0.477 e. The molecule has 2 rings (SSSR count). The molecule has 0 radical (unpaired) electrons. The number of aromatic nitrogens is 2. The highest BCUT2D eigenvalue weighted by molar-refractivity contribution is 7.89. The van der Waals surface area contributed by atoms with Gasteiger partial charge in [-0.15, -0.1) is 0 Å². The molecule has 2 heterocycles. The molecule has 0 fully saturated rings. The van der Waals surface area contributed by atoms with Crippen molar-refractivity contribution in [3.63, 3.8) is 0 Å². The molecule has 7 heteroatoms. The van der Waals surface area contributed by atoms with Crippen LogP contribution in [0.1, 0.15) is 20.3 Å². The van der Waals surface area contributed by atoms with Crippen LogP contribution in [0.5, 0.6) is 5.88 Å². The van der Waals surface area contributed by atoms with Crippen LogP contribution in [0.15, 0.2) is 11.1 Å². The minimum absolute atomic E-state index is 0.0350. The van der Waals surface area contributed by atoms with Gasteiger partial charge >= 0.3 is 0 Å². The first-order valence-corrected chi connectivity index (χ1v) is 6.35. The summed E-state index contributed by atoms with van der Waals surface area (Å²) in [6, 6.07) is 0. The van der Waals surface area contributed by atoms with Gasteiger partial charge in [0.1, 0.15) is 0 Å². The molecule has 0 unspecified atom stereocenters. The summed E-state index contributed by atoms with van der Waals surface area (Å²) in [5, 5.41) is 8.82. The van der Waals surface area contributed by atoms with E-state index in [4.69, 9.17) is 9.88 Å². The predicted molar refractivity (Wildman–Crippen MR) is 55.1 cm³/mol. The monoisotopic (exact) mass is 233 g/mol. The number of fused-ring (bicyclic) bond motifs is 1. The molecule has 0 spiro atoms. The number of hydrogen-bond donors (Lipinski definition) is 1. The van der Waals surface area contributed by atoms with E-state index in [2.05, 4.69) is 5.10 Å². The smallest absolute Gasteiger partial charge is 0.245 e. The molecule has 0 saturated heterocycles. The second-order valence-corrected chi connectivity index (χ2v) is 4.31. The van der Waals surface area contributed by atoms with Gasteiger partial charge in [-0.25, -0.2) is 18.2 Å². The van der Waals surface area contributed by atoms with Crippen molar-refractivity contribution >= 4 is 10.0 Å². The Labute approximate surface area is 89.1 Å². The average molecular weight is 233 g/mol. The predicted octanol–water partition coefficient (Wildman–Crippen LogP) is 0.339. The summed E-state index contributed by atoms with van der Waals surface area (Å²) >= 11 is 0. The van der Waals surface area contributed by atoms with Crippen LogP contribution in [0.25, 0.3) is 0 Å². The van der Waals surface area contributed by atoms with Crippen molar-refractivity contribution in [3.8, 4) is 5.88 Å². The molecular formula is C8H15N3O3S. The molecular weight excluding hydrogens is 218 g/mol. The standard InChI is InChI=1S/C6H9N3O3S.C2H6/c7-13(10,11)5-4-8-9-2-1-3-12-6(5)9;1-2/h4H,1-3H2,(H2,7,10,11);1-2H3. The summed E-state index contributed by atoms with van der Waals surface area (Å²) in [7, 11) is -3.71. The van der Waals surface area contributed by atoms with Crippen LogP contribution in [0, 0.1) is 0 Å². The molecule has 0 atom stereocenters. The molecule has 1 aromatic heterocycles. The zero-order valence-electron chi connectivity index (χ0n) is 8.80. The zero-order valence-corrected chi connectivity index (χ0v) is 9.62. The van der Waals surface area contributed by atoms with Crippen molar-refractivity contribution in [3.05, 3.63) is 6.20 Å². The van der Waals surface area contributed by atoms with E-state index in [0.29, 0.717) is 13.2 Å². The third-order valence-corrected chi connectivity index (χ3v) is 2.71. The van der Waals surface area contributed by atoms with Gasteiger partial charge in [0.05, 0.1) is 12.8 Å². The van der Waals surface area contributed by atoms with E-state index in [1.165, 1.54) is 10.9 Å². The third kappa shape index (κ3) is 2.48. The molecule has 1 aromatic rings. The lowest BCUT2D eigenvalue weighted by atomic mass is 10.4. The van der Waals surface area contributed by atoms with E-state index in [9.17, 15) is 8.42 Å². The molecule has 1 aliphatic heterocycles. The van der Waals surface area contributed by atoms with E-state index in [1.54, 1.807) is 0 Å². The van der Waals surface area contributed by atoms with Crippen LogP contribution < -0.4 is 9.88 Å². The number of nitrogens with zero attached hydrogens (tertiary/aromatic N) is 2. The number of aryl methyl sites for hydroxylation is 1. The van der Waals surface area contributed by atoms with Gasteiger partial charge in [0, 0.05) is 13.0 Å². The van der Waals surface area contributed by atoms with Crippen LogP contribution in [-0.2, 0) is 16.6 Å². The number of ether oxygens (including phenoxy) is 1. The number of primary sulfonamides is 1. The molecule has 1 aliphatic rings. The fourth-order valence-electron chi connectivity index (χ4n) is 1.24. The normalized spacial score (nSPS) is 14.6. The SMILES string of the molecule is CC.NS(=O)(=O)c1cnn2c1OCCC2. The Bertz CT molecular complexity index is 424. The van der Waals surface area contributed by atoms with Gasteiger partial charge in [0.2, 0.25) is 15.9 Å². The molecule has 0 aromatic carbocycles. The molecule has 0 bridgehead atoms. The van der Waals surface area contributed by atoms with Gasteiger partial charge in [-0.2, -0.15) is 5.10 Å². The highest BCUT2D eigenvalue weighted by Gasteiger charge is 2.23. The van der Waals surface area contributed by atoms with Crippen molar-refractivity contribution in [2.45, 2.75) is 31.7 Å². The Hall–Kier alpha value is -1.08. The lowest BCUT2D eigenvalue weighted by Crippen LogP contribution is -2.18. The second kappa shape index (κ2) is 4.63. The van der Waals surface area contributed by atoms with Crippen LogP contribution in [-0.4, -0.2) is 24.8 Å². The minimum atomic E-state index is -3.71. The Morgan fingerprint density at radius 1 is 1.53 bits per heavy atom. The van der Waals surface area contributed by atoms with E-state index in [-0.39, 0.29) is 10.8 Å². The Kier molecular flexibility index (Phi) is 3.70. The highest BCUT2D eigenvalue weighted by Crippen LogP contribution is 2.24. The molecule has 2 N–H and O–H groups in total. The molecule has 0 aliphatic carbocycles. The summed E-state index contributed by atoms with van der Waals surface area (Å²) < 4.78 is 28.7. The van der Waals surface area contributed by atoms with E-state index >= 15 is 0 Å². The summed E-state index contributed by atoms with van der Waals surface area (Å²) in [6.45, 7) is 5.18. The Morgan fingerprint density at radius 3 is 2.80 bits per heavy atom. The van der Waals surface area contributed by atoms with E-state index in [0.717, 1.165) is 6.42 Å². The first kappa shape index (κ1) is 12.0. The topological polar surface area (TPSA) is 87.2 Å². The molecule has 6 nitrogen and oxygen atoms in total. The summed E-state index contributed by atoms with van der Waals surface area (Å²) in [6.07, 6.45) is 2.05. The number of nitrogens with two attached hydrogens (primary N) is 1. The van der Waals surface area contributed by atoms with Crippen molar-refractivity contribution in [1.29, 1.82) is 0 Å². The molecule has 0 saturated carbocycles. The fraction of sp³-hybridized carbons (Fsp3) is 0.625. The number of hydrogen-bond acceptors (Lipinski definition) is 4. The number of sulfonamides is 1. The van der Waals surface area contributed by atoms with Crippen LogP contribution >= 0.6 is 0 Å². The molecule has 86 valence electrons. The first-order valence-electron chi connectivity index (χ1n) is 4.80. The van der Waals surface area contributed by atoms with Gasteiger partial charge in [-0.3, -0.25) is 0 Å². The summed E-state index contributed by atoms with van der Waals surface area (Å²) in [5.74, 6) is 0.258. The Morgan fingerprint density at radius 2 is 2.20 bits per heavy atom. The van der Waals surface area contributed by atoms with E-state index in [1.807, 2.05) is 13.8 Å². The quantitative estimate of drug-likeness (QED) is 0.757. The summed E-state index contributed by atoms with van der Waals surface area (Å²) in [5.41, 5.74) is 0. The van der Waals surface area contributed by atoms with Gasteiger partial charge in [-0.05, 0) is 0 Å². The van der Waals surface area contributed by atoms with Gasteiger partial charge < -0.3 is 4.74 Å². The van der Waals surface area contributed by atoms with Gasteiger partial charge in [0.15, 0.2) is 4.90 Å². The maximum Gasteiger partial charge on any atom is 0.245 e. The maximum atomic E-state index is 11.0. The summed E-state index contributed by atoms with van der Waals surface area (Å²) in [4.78, 5) is -0.0350. The van der Waals surface area contributed by atoms with Crippen LogP contribution in [0.3, 0.4) is 0 Å². The lowest BCUT2D eigenvalue weighted by Gasteiger charge is -2.15. The molecule has 0 amide bonds.